The molecule has 0 amide bonds. The molecule has 2 aromatic carbocycles. The quantitative estimate of drug-likeness (QED) is 0.253. The minimum atomic E-state index is -1.32. The van der Waals surface area contributed by atoms with Crippen molar-refractivity contribution >= 4 is 12.0 Å². The molecule has 38 heavy (non-hydrogen) atoms. The molecule has 10 heteroatoms. The third kappa shape index (κ3) is 3.05. The van der Waals surface area contributed by atoms with E-state index in [0.717, 1.165) is 5.56 Å². The largest absolute Gasteiger partial charge is 0.504 e. The van der Waals surface area contributed by atoms with Crippen LogP contribution in [0.25, 0.3) is 6.08 Å². The van der Waals surface area contributed by atoms with Gasteiger partial charge in [0.15, 0.2) is 23.0 Å². The Kier molecular flexibility index (Phi) is 5.66. The molecule has 202 valence electrons. The normalized spacial score (nSPS) is 34.7. The van der Waals surface area contributed by atoms with Gasteiger partial charge in [0.05, 0.1) is 18.8 Å². The highest BCUT2D eigenvalue weighted by molar-refractivity contribution is 5.87. The maximum absolute atomic E-state index is 13.1. The van der Waals surface area contributed by atoms with Crippen molar-refractivity contribution in [1.82, 2.24) is 5.32 Å². The number of nitrogens with one attached hydrogen (secondary N) is 1. The van der Waals surface area contributed by atoms with Crippen LogP contribution >= 0.6 is 0 Å². The fraction of sp³-hybridized carbons (Fsp3) is 0.464. The number of hydrogen-bond acceptors (Lipinski definition) is 10. The summed E-state index contributed by atoms with van der Waals surface area (Å²) < 4.78 is 29.8. The summed E-state index contributed by atoms with van der Waals surface area (Å²) in [5.74, 6) is -2.04. The number of benzene rings is 2. The van der Waals surface area contributed by atoms with Crippen molar-refractivity contribution in [2.24, 2.45) is 0 Å². The first kappa shape index (κ1) is 25.0. The third-order valence-corrected chi connectivity index (χ3v) is 8.91. The Balaban J connectivity index is 1.39. The van der Waals surface area contributed by atoms with Crippen LogP contribution in [0.1, 0.15) is 42.1 Å². The maximum Gasteiger partial charge on any atom is 0.331 e. The molecule has 0 unspecified atom stereocenters. The van der Waals surface area contributed by atoms with Crippen LogP contribution in [-0.4, -0.2) is 72.7 Å². The summed E-state index contributed by atoms with van der Waals surface area (Å²) in [6.07, 6.45) is 2.36. The molecular formula is C28H31NO9. The molecule has 1 spiro atoms. The van der Waals surface area contributed by atoms with Gasteiger partial charge in [-0.15, -0.1) is 0 Å². The molecule has 0 radical (unpaired) electrons. The highest BCUT2D eigenvalue weighted by Gasteiger charge is 2.81. The Morgan fingerprint density at radius 2 is 1.92 bits per heavy atom. The summed E-state index contributed by atoms with van der Waals surface area (Å²) in [7, 11) is 4.54. The van der Waals surface area contributed by atoms with Crippen molar-refractivity contribution in [3.05, 3.63) is 53.1 Å². The lowest BCUT2D eigenvalue weighted by atomic mass is 9.50. The second kappa shape index (κ2) is 8.60. The van der Waals surface area contributed by atoms with Gasteiger partial charge in [0.2, 0.25) is 5.79 Å². The van der Waals surface area contributed by atoms with Gasteiger partial charge in [0.25, 0.3) is 0 Å². The van der Waals surface area contributed by atoms with E-state index in [0.29, 0.717) is 42.7 Å². The molecule has 10 nitrogen and oxygen atoms in total. The van der Waals surface area contributed by atoms with E-state index in [-0.39, 0.29) is 17.2 Å². The predicted molar refractivity (Wildman–Crippen MR) is 134 cm³/mol. The monoisotopic (exact) mass is 525 g/mol. The number of methoxy groups -OCH3 is 3. The fourth-order valence-corrected chi connectivity index (χ4v) is 7.54. The molecule has 2 bridgehead atoms. The zero-order valence-corrected chi connectivity index (χ0v) is 21.4. The minimum Gasteiger partial charge on any atom is -0.504 e. The number of carbonyl (C=O) groups excluding carboxylic acids is 1. The second-order valence-corrected chi connectivity index (χ2v) is 10.3. The van der Waals surface area contributed by atoms with E-state index >= 15 is 0 Å². The van der Waals surface area contributed by atoms with E-state index in [9.17, 15) is 20.1 Å². The second-order valence-electron chi connectivity index (χ2n) is 10.3. The van der Waals surface area contributed by atoms with Gasteiger partial charge < -0.3 is 44.3 Å². The van der Waals surface area contributed by atoms with Crippen molar-refractivity contribution in [2.45, 2.75) is 54.3 Å². The van der Waals surface area contributed by atoms with Gasteiger partial charge in [0.1, 0.15) is 12.2 Å². The lowest BCUT2D eigenvalue weighted by Gasteiger charge is -2.59. The average molecular weight is 526 g/mol. The molecule has 4 aliphatic rings. The summed E-state index contributed by atoms with van der Waals surface area (Å²) >= 11 is 0. The number of hydrogen-bond donors (Lipinski definition) is 4. The van der Waals surface area contributed by atoms with Gasteiger partial charge in [-0.1, -0.05) is 12.1 Å². The van der Waals surface area contributed by atoms with Crippen LogP contribution in [0.4, 0.5) is 0 Å². The van der Waals surface area contributed by atoms with E-state index in [1.807, 2.05) is 0 Å². The van der Waals surface area contributed by atoms with Crippen molar-refractivity contribution in [3.63, 3.8) is 0 Å². The first-order chi connectivity index (χ1) is 18.3. The van der Waals surface area contributed by atoms with Crippen LogP contribution in [0, 0.1) is 0 Å². The summed E-state index contributed by atoms with van der Waals surface area (Å²) in [5, 5.41) is 35.2. The lowest BCUT2D eigenvalue weighted by molar-refractivity contribution is -0.328. The van der Waals surface area contributed by atoms with Crippen LogP contribution in [-0.2, 0) is 29.2 Å². The van der Waals surface area contributed by atoms with E-state index in [2.05, 4.69) is 5.32 Å². The Morgan fingerprint density at radius 3 is 2.63 bits per heavy atom. The average Bonchev–Trinajstić information content (AvgIpc) is 3.45. The maximum atomic E-state index is 13.1. The number of esters is 1. The molecule has 2 heterocycles. The molecule has 2 saturated heterocycles. The van der Waals surface area contributed by atoms with Crippen molar-refractivity contribution in [2.75, 3.05) is 27.9 Å². The number of carbonyl (C=O) groups is 1. The standard InChI is InChI=1S/C28H31NO9/c1-34-19-8-4-15(12-18(19)31)5-9-22(32)37-21-13-26-10-11-29-27(26)14-20(38-28(27,36-3)25(21)35-2)16-6-7-17(30)24(33)23(16)26/h4-9,12,20-21,25,29-31,33H,10-11,13-14H2,1-3H3/b9-5+/t20-,21-,25-,26-,27-,28-/m0/s1. The van der Waals surface area contributed by atoms with E-state index < -0.39 is 41.0 Å². The first-order valence-corrected chi connectivity index (χ1v) is 12.6. The number of phenols is 3. The number of aromatic hydroxyl groups is 3. The zero-order chi connectivity index (χ0) is 26.9. The molecule has 2 aliphatic carbocycles. The molecule has 2 aromatic rings. The Hall–Kier alpha value is -3.31. The number of fused-ring (bicyclic) bond motifs is 3. The summed E-state index contributed by atoms with van der Waals surface area (Å²) in [5.41, 5.74) is 0.472. The predicted octanol–water partition coefficient (Wildman–Crippen LogP) is 2.64. The first-order valence-electron chi connectivity index (χ1n) is 12.6. The third-order valence-electron chi connectivity index (χ3n) is 8.91. The summed E-state index contributed by atoms with van der Waals surface area (Å²) in [4.78, 5) is 13.1. The molecule has 3 fully saturated rings. The molecule has 4 N–H and O–H groups in total. The van der Waals surface area contributed by atoms with Crippen LogP contribution in [0.15, 0.2) is 36.4 Å². The minimum absolute atomic E-state index is 0.0446. The fourth-order valence-electron chi connectivity index (χ4n) is 7.54. The topological polar surface area (TPSA) is 136 Å². The van der Waals surface area contributed by atoms with E-state index in [1.54, 1.807) is 25.3 Å². The zero-order valence-electron chi connectivity index (χ0n) is 21.4. The van der Waals surface area contributed by atoms with Crippen molar-refractivity contribution in [3.8, 4) is 23.0 Å². The van der Waals surface area contributed by atoms with Crippen LogP contribution < -0.4 is 10.1 Å². The number of ether oxygens (including phenoxy) is 5. The summed E-state index contributed by atoms with van der Waals surface area (Å²) in [6, 6.07) is 8.04. The van der Waals surface area contributed by atoms with Crippen LogP contribution in [0.5, 0.6) is 23.0 Å². The van der Waals surface area contributed by atoms with Gasteiger partial charge in [-0.3, -0.25) is 0 Å². The highest BCUT2D eigenvalue weighted by atomic mass is 16.7. The Labute approximate surface area is 219 Å². The van der Waals surface area contributed by atoms with E-state index in [1.165, 1.54) is 38.5 Å². The SMILES string of the molecule is COc1ccc(/C=C/C(=O)O[C@H]2C[C@]34CCN[C@@]35C[C@H](O[C@@]5(OC)[C@H]2OC)c2ccc(O)c(O)c24)cc1O. The molecule has 1 saturated carbocycles. The van der Waals surface area contributed by atoms with Gasteiger partial charge in [0, 0.05) is 37.7 Å². The molecule has 6 rings (SSSR count). The van der Waals surface area contributed by atoms with Gasteiger partial charge in [-0.25, -0.2) is 4.79 Å². The van der Waals surface area contributed by atoms with Gasteiger partial charge in [-0.05, 0) is 54.8 Å². The van der Waals surface area contributed by atoms with E-state index in [4.69, 9.17) is 23.7 Å². The van der Waals surface area contributed by atoms with Gasteiger partial charge >= 0.3 is 5.97 Å². The van der Waals surface area contributed by atoms with Crippen molar-refractivity contribution < 1.29 is 43.8 Å². The molecule has 2 aliphatic heterocycles. The van der Waals surface area contributed by atoms with Gasteiger partial charge in [-0.2, -0.15) is 0 Å². The number of rotatable bonds is 6. The smallest absolute Gasteiger partial charge is 0.331 e. The molecule has 0 aromatic heterocycles. The lowest BCUT2D eigenvalue weighted by Crippen LogP contribution is -2.77. The molecule has 6 atom stereocenters. The summed E-state index contributed by atoms with van der Waals surface area (Å²) in [6.45, 7) is 0.619. The highest BCUT2D eigenvalue weighted by Crippen LogP contribution is 2.71. The van der Waals surface area contributed by atoms with Crippen LogP contribution in [0.2, 0.25) is 0 Å². The Bertz CT molecular complexity index is 1330. The van der Waals surface area contributed by atoms with Crippen molar-refractivity contribution in [1.29, 1.82) is 0 Å². The molecular weight excluding hydrogens is 494 g/mol. The van der Waals surface area contributed by atoms with Crippen LogP contribution in [0.3, 0.4) is 0 Å². The Morgan fingerprint density at radius 1 is 1.11 bits per heavy atom. The number of phenolic OH excluding ortho intramolecular Hbond substituents is 3.